The highest BCUT2D eigenvalue weighted by molar-refractivity contribution is 7.99. The van der Waals surface area contributed by atoms with Crippen LogP contribution in [0.1, 0.15) is 24.3 Å². The van der Waals surface area contributed by atoms with E-state index in [-0.39, 0.29) is 0 Å². The molecule has 3 rings (SSSR count). The van der Waals surface area contributed by atoms with Crippen molar-refractivity contribution in [1.29, 1.82) is 0 Å². The second-order valence-electron chi connectivity index (χ2n) is 4.37. The van der Waals surface area contributed by atoms with Gasteiger partial charge >= 0.3 is 0 Å². The molecule has 2 N–H and O–H groups in total. The van der Waals surface area contributed by atoms with E-state index in [0.717, 1.165) is 5.92 Å². The molecule has 2 aliphatic rings. The molecule has 1 heterocycles. The Morgan fingerprint density at radius 2 is 2.07 bits per heavy atom. The molecule has 1 saturated carbocycles. The van der Waals surface area contributed by atoms with Crippen molar-refractivity contribution in [2.24, 2.45) is 11.7 Å². The molecule has 0 amide bonds. The van der Waals surface area contributed by atoms with Gasteiger partial charge in [0.05, 0.1) is 0 Å². The Labute approximate surface area is 89.1 Å². The molecule has 1 aliphatic carbocycles. The zero-order chi connectivity index (χ0) is 9.54. The highest BCUT2D eigenvalue weighted by Crippen LogP contribution is 2.46. The predicted molar refractivity (Wildman–Crippen MR) is 60.6 cm³/mol. The van der Waals surface area contributed by atoms with Gasteiger partial charge in [0, 0.05) is 22.6 Å². The van der Waals surface area contributed by atoms with Crippen molar-refractivity contribution in [1.82, 2.24) is 0 Å². The van der Waals surface area contributed by atoms with Crippen LogP contribution in [0.4, 0.5) is 0 Å². The van der Waals surface area contributed by atoms with E-state index in [1.807, 2.05) is 11.8 Å². The van der Waals surface area contributed by atoms with E-state index in [9.17, 15) is 0 Å². The number of fused-ring (bicyclic) bond motifs is 1. The molecule has 74 valence electrons. The first-order valence-electron chi connectivity index (χ1n) is 5.33. The molecular formula is C12H15NS. The topological polar surface area (TPSA) is 26.0 Å². The van der Waals surface area contributed by atoms with Gasteiger partial charge < -0.3 is 5.73 Å². The number of hydrogen-bond donors (Lipinski definition) is 1. The highest BCUT2D eigenvalue weighted by Gasteiger charge is 2.37. The van der Waals surface area contributed by atoms with Gasteiger partial charge in [-0.1, -0.05) is 18.2 Å². The molecule has 1 aliphatic heterocycles. The third-order valence-electron chi connectivity index (χ3n) is 3.37. The minimum atomic E-state index is 0.408. The number of nitrogens with two attached hydrogens (primary N) is 1. The summed E-state index contributed by atoms with van der Waals surface area (Å²) in [5.41, 5.74) is 7.78. The summed E-state index contributed by atoms with van der Waals surface area (Å²) in [5, 5.41) is 0. The third kappa shape index (κ3) is 1.37. The Morgan fingerprint density at radius 1 is 1.29 bits per heavy atom. The summed E-state index contributed by atoms with van der Waals surface area (Å²) >= 11 is 1.97. The summed E-state index contributed by atoms with van der Waals surface area (Å²) in [5.74, 6) is 2.62. The standard InChI is InChI=1S/C12H15NS/c13-12(8-5-6-8)10-7-14-11-4-2-1-3-9(10)11/h1-4,8,10,12H,5-7,13H2. The van der Waals surface area contributed by atoms with Crippen LogP contribution >= 0.6 is 11.8 Å². The minimum Gasteiger partial charge on any atom is -0.327 e. The Balaban J connectivity index is 1.89. The van der Waals surface area contributed by atoms with Crippen LogP contribution in [-0.2, 0) is 0 Å². The van der Waals surface area contributed by atoms with Crippen LogP contribution < -0.4 is 5.73 Å². The summed E-state index contributed by atoms with van der Waals surface area (Å²) in [6.07, 6.45) is 2.70. The highest BCUT2D eigenvalue weighted by atomic mass is 32.2. The van der Waals surface area contributed by atoms with Gasteiger partial charge in [-0.25, -0.2) is 0 Å². The lowest BCUT2D eigenvalue weighted by atomic mass is 9.91. The Bertz CT molecular complexity index is 346. The molecule has 0 saturated heterocycles. The van der Waals surface area contributed by atoms with Crippen LogP contribution in [-0.4, -0.2) is 11.8 Å². The first-order valence-corrected chi connectivity index (χ1v) is 6.32. The largest absolute Gasteiger partial charge is 0.327 e. The van der Waals surface area contributed by atoms with E-state index in [1.165, 1.54) is 29.1 Å². The fraction of sp³-hybridized carbons (Fsp3) is 0.500. The monoisotopic (exact) mass is 205 g/mol. The Kier molecular flexibility index (Phi) is 2.06. The predicted octanol–water partition coefficient (Wildman–Crippen LogP) is 2.61. The molecule has 0 radical (unpaired) electrons. The van der Waals surface area contributed by atoms with Crippen molar-refractivity contribution in [3.63, 3.8) is 0 Å². The third-order valence-corrected chi connectivity index (χ3v) is 4.58. The molecule has 14 heavy (non-hydrogen) atoms. The van der Waals surface area contributed by atoms with Crippen LogP contribution in [0.25, 0.3) is 0 Å². The van der Waals surface area contributed by atoms with Crippen LogP contribution in [0.3, 0.4) is 0 Å². The molecule has 2 heteroatoms. The van der Waals surface area contributed by atoms with E-state index < -0.39 is 0 Å². The van der Waals surface area contributed by atoms with Crippen molar-refractivity contribution in [2.45, 2.75) is 29.7 Å². The molecule has 2 unspecified atom stereocenters. The summed E-state index contributed by atoms with van der Waals surface area (Å²) in [6.45, 7) is 0. The summed E-state index contributed by atoms with van der Waals surface area (Å²) < 4.78 is 0. The van der Waals surface area contributed by atoms with Crippen molar-refractivity contribution in [2.75, 3.05) is 5.75 Å². The van der Waals surface area contributed by atoms with Crippen molar-refractivity contribution >= 4 is 11.8 Å². The van der Waals surface area contributed by atoms with Gasteiger partial charge in [0.2, 0.25) is 0 Å². The first-order chi connectivity index (χ1) is 6.86. The molecule has 1 fully saturated rings. The van der Waals surface area contributed by atoms with Gasteiger partial charge in [-0.05, 0) is 30.4 Å². The average molecular weight is 205 g/mol. The lowest BCUT2D eigenvalue weighted by Gasteiger charge is -2.18. The Hall–Kier alpha value is -0.470. The maximum absolute atomic E-state index is 6.29. The fourth-order valence-corrected chi connectivity index (χ4v) is 3.64. The molecule has 0 aromatic heterocycles. The van der Waals surface area contributed by atoms with Crippen molar-refractivity contribution < 1.29 is 0 Å². The molecule has 1 nitrogen and oxygen atoms in total. The fourth-order valence-electron chi connectivity index (χ4n) is 2.32. The molecule has 0 spiro atoms. The number of hydrogen-bond acceptors (Lipinski definition) is 2. The number of rotatable bonds is 2. The van der Waals surface area contributed by atoms with E-state index in [0.29, 0.717) is 12.0 Å². The smallest absolute Gasteiger partial charge is 0.0145 e. The Morgan fingerprint density at radius 3 is 2.86 bits per heavy atom. The van der Waals surface area contributed by atoms with E-state index in [4.69, 9.17) is 5.73 Å². The van der Waals surface area contributed by atoms with Gasteiger partial charge in [0.25, 0.3) is 0 Å². The number of benzene rings is 1. The molecule has 2 atom stereocenters. The summed E-state index contributed by atoms with van der Waals surface area (Å²) in [6, 6.07) is 9.14. The van der Waals surface area contributed by atoms with Crippen LogP contribution in [0.2, 0.25) is 0 Å². The second kappa shape index (κ2) is 3.28. The molecule has 0 bridgehead atoms. The van der Waals surface area contributed by atoms with Crippen LogP contribution in [0.15, 0.2) is 29.2 Å². The van der Waals surface area contributed by atoms with Crippen LogP contribution in [0.5, 0.6) is 0 Å². The van der Waals surface area contributed by atoms with Gasteiger partial charge in [-0.2, -0.15) is 0 Å². The molecular weight excluding hydrogens is 190 g/mol. The van der Waals surface area contributed by atoms with Gasteiger partial charge in [-0.3, -0.25) is 0 Å². The average Bonchev–Trinajstić information content (AvgIpc) is 2.97. The lowest BCUT2D eigenvalue weighted by Crippen LogP contribution is -2.30. The maximum atomic E-state index is 6.29. The molecule has 1 aromatic rings. The minimum absolute atomic E-state index is 0.408. The number of thioether (sulfide) groups is 1. The van der Waals surface area contributed by atoms with E-state index in [1.54, 1.807) is 0 Å². The lowest BCUT2D eigenvalue weighted by molar-refractivity contribution is 0.516. The SMILES string of the molecule is NC(C1CC1)C1CSc2ccccc21. The molecule has 1 aromatic carbocycles. The zero-order valence-corrected chi connectivity index (χ0v) is 8.96. The van der Waals surface area contributed by atoms with Crippen molar-refractivity contribution in [3.8, 4) is 0 Å². The van der Waals surface area contributed by atoms with Crippen molar-refractivity contribution in [3.05, 3.63) is 29.8 Å². The van der Waals surface area contributed by atoms with Crippen LogP contribution in [0, 0.1) is 5.92 Å². The maximum Gasteiger partial charge on any atom is 0.0145 e. The van der Waals surface area contributed by atoms with E-state index in [2.05, 4.69) is 24.3 Å². The quantitative estimate of drug-likeness (QED) is 0.803. The van der Waals surface area contributed by atoms with Gasteiger partial charge in [-0.15, -0.1) is 11.8 Å². The van der Waals surface area contributed by atoms with E-state index >= 15 is 0 Å². The summed E-state index contributed by atoms with van der Waals surface area (Å²) in [7, 11) is 0. The van der Waals surface area contributed by atoms with Gasteiger partial charge in [0.1, 0.15) is 0 Å². The summed E-state index contributed by atoms with van der Waals surface area (Å²) in [4.78, 5) is 1.45. The zero-order valence-electron chi connectivity index (χ0n) is 8.15. The normalized spacial score (nSPS) is 27.4. The first kappa shape index (κ1) is 8.81. The second-order valence-corrected chi connectivity index (χ2v) is 5.43. The van der Waals surface area contributed by atoms with Gasteiger partial charge in [0.15, 0.2) is 0 Å².